The Hall–Kier alpha value is -0.930. The molecule has 3 nitrogen and oxygen atoms in total. The lowest BCUT2D eigenvalue weighted by Crippen LogP contribution is -2.42. The van der Waals surface area contributed by atoms with E-state index in [1.165, 1.54) is 5.56 Å². The van der Waals surface area contributed by atoms with Gasteiger partial charge in [0.1, 0.15) is 0 Å². The number of ether oxygens (including phenoxy) is 1. The molecule has 2 rings (SSSR count). The van der Waals surface area contributed by atoms with Gasteiger partial charge in [0.15, 0.2) is 0 Å². The first-order valence-corrected chi connectivity index (χ1v) is 7.74. The Morgan fingerprint density at radius 2 is 2.00 bits per heavy atom. The zero-order chi connectivity index (χ0) is 15.2. The van der Waals surface area contributed by atoms with Crippen LogP contribution in [0.3, 0.4) is 0 Å². The first kappa shape index (κ1) is 17.1. The lowest BCUT2D eigenvalue weighted by Gasteiger charge is -2.33. The molecule has 0 spiro atoms. The quantitative estimate of drug-likeness (QED) is 0.826. The fourth-order valence-corrected chi connectivity index (χ4v) is 2.19. The van der Waals surface area contributed by atoms with E-state index in [1.54, 1.807) is 0 Å². The minimum absolute atomic E-state index is 0.130. The van der Waals surface area contributed by atoms with Crippen LogP contribution < -0.4 is 0 Å². The summed E-state index contributed by atoms with van der Waals surface area (Å²) < 4.78 is 5.46. The molecular weight excluding hydrogens is 248 g/mol. The molecule has 3 heteroatoms. The first-order valence-electron chi connectivity index (χ1n) is 7.74. The Balaban J connectivity index is 0.000000956. The Morgan fingerprint density at radius 3 is 2.50 bits per heavy atom. The molecule has 0 radical (unpaired) electrons. The average molecular weight is 278 g/mol. The van der Waals surface area contributed by atoms with Crippen molar-refractivity contribution in [3.8, 4) is 0 Å². The van der Waals surface area contributed by atoms with Crippen molar-refractivity contribution < 1.29 is 4.74 Å². The Bertz CT molecular complexity index is 381. The summed E-state index contributed by atoms with van der Waals surface area (Å²) in [6, 6.07) is 4.86. The Labute approximate surface area is 124 Å². The van der Waals surface area contributed by atoms with Crippen LogP contribution in [0.5, 0.6) is 0 Å². The normalized spacial score (nSPS) is 20.2. The molecule has 1 fully saturated rings. The molecule has 0 amide bonds. The molecule has 1 atom stereocenters. The summed E-state index contributed by atoms with van der Waals surface area (Å²) in [5, 5.41) is 0. The summed E-state index contributed by atoms with van der Waals surface area (Å²) in [5.41, 5.74) is 2.57. The van der Waals surface area contributed by atoms with Crippen LogP contribution in [0.1, 0.15) is 52.8 Å². The van der Waals surface area contributed by atoms with Crippen molar-refractivity contribution in [3.63, 3.8) is 0 Å². The monoisotopic (exact) mass is 278 g/mol. The second kappa shape index (κ2) is 7.75. The zero-order valence-corrected chi connectivity index (χ0v) is 13.9. The Kier molecular flexibility index (Phi) is 6.63. The van der Waals surface area contributed by atoms with Crippen molar-refractivity contribution in [2.75, 3.05) is 19.8 Å². The molecule has 20 heavy (non-hydrogen) atoms. The standard InChI is InChI=1S/C15H24N2O.C2H6/c1-12-11-18-8-7-17(12)10-13-5-6-14(16-9-13)15(2,3)4;1-2/h5-6,9,12H,7-8,10-11H2,1-4H3;1-2H3/t12-;/m0./s1. The maximum absolute atomic E-state index is 5.46. The molecule has 2 heterocycles. The number of hydrogen-bond acceptors (Lipinski definition) is 3. The van der Waals surface area contributed by atoms with E-state index in [0.29, 0.717) is 6.04 Å². The molecule has 0 N–H and O–H groups in total. The van der Waals surface area contributed by atoms with Gasteiger partial charge in [-0.05, 0) is 18.6 Å². The minimum atomic E-state index is 0.130. The van der Waals surface area contributed by atoms with Crippen LogP contribution in [0.25, 0.3) is 0 Å². The van der Waals surface area contributed by atoms with Crippen molar-refractivity contribution >= 4 is 0 Å². The van der Waals surface area contributed by atoms with E-state index in [2.05, 4.69) is 49.7 Å². The van der Waals surface area contributed by atoms with Crippen molar-refractivity contribution in [3.05, 3.63) is 29.6 Å². The summed E-state index contributed by atoms with van der Waals surface area (Å²) in [7, 11) is 0. The number of hydrogen-bond donors (Lipinski definition) is 0. The van der Waals surface area contributed by atoms with Gasteiger partial charge < -0.3 is 4.74 Å². The fourth-order valence-electron chi connectivity index (χ4n) is 2.19. The molecule has 1 aromatic heterocycles. The molecular formula is C17H30N2O. The van der Waals surface area contributed by atoms with Crippen LogP contribution in [0.4, 0.5) is 0 Å². The van der Waals surface area contributed by atoms with E-state index < -0.39 is 0 Å². The van der Waals surface area contributed by atoms with E-state index in [0.717, 1.165) is 32.0 Å². The van der Waals surface area contributed by atoms with Crippen molar-refractivity contribution in [2.24, 2.45) is 0 Å². The molecule has 0 aromatic carbocycles. The highest BCUT2D eigenvalue weighted by atomic mass is 16.5. The van der Waals surface area contributed by atoms with Crippen molar-refractivity contribution in [1.29, 1.82) is 0 Å². The molecule has 1 aliphatic heterocycles. The van der Waals surface area contributed by atoms with Gasteiger partial charge in [-0.2, -0.15) is 0 Å². The zero-order valence-electron chi connectivity index (χ0n) is 13.9. The van der Waals surface area contributed by atoms with Crippen LogP contribution >= 0.6 is 0 Å². The molecule has 114 valence electrons. The number of nitrogens with zero attached hydrogens (tertiary/aromatic N) is 2. The van der Waals surface area contributed by atoms with Gasteiger partial charge in [0.25, 0.3) is 0 Å². The Morgan fingerprint density at radius 1 is 1.30 bits per heavy atom. The van der Waals surface area contributed by atoms with E-state index in [4.69, 9.17) is 4.74 Å². The average Bonchev–Trinajstić information content (AvgIpc) is 2.43. The third kappa shape index (κ3) is 4.88. The van der Waals surface area contributed by atoms with E-state index in [9.17, 15) is 0 Å². The molecule has 1 aliphatic rings. The van der Waals surface area contributed by atoms with Gasteiger partial charge in [0.05, 0.1) is 13.2 Å². The smallest absolute Gasteiger partial charge is 0.0619 e. The highest BCUT2D eigenvalue weighted by Crippen LogP contribution is 2.20. The van der Waals surface area contributed by atoms with Crippen molar-refractivity contribution in [2.45, 2.75) is 59.5 Å². The summed E-state index contributed by atoms with van der Waals surface area (Å²) >= 11 is 0. The largest absolute Gasteiger partial charge is 0.379 e. The molecule has 1 aromatic rings. The first-order chi connectivity index (χ1) is 9.47. The molecule has 1 saturated heterocycles. The number of pyridine rings is 1. The molecule has 0 bridgehead atoms. The van der Waals surface area contributed by atoms with E-state index in [1.807, 2.05) is 20.0 Å². The second-order valence-corrected chi connectivity index (χ2v) is 6.20. The third-order valence-electron chi connectivity index (χ3n) is 3.48. The second-order valence-electron chi connectivity index (χ2n) is 6.20. The number of morpholine rings is 1. The van der Waals surface area contributed by atoms with Gasteiger partial charge >= 0.3 is 0 Å². The van der Waals surface area contributed by atoms with Gasteiger partial charge in [-0.3, -0.25) is 9.88 Å². The number of aromatic nitrogens is 1. The van der Waals surface area contributed by atoms with Crippen LogP contribution in [0.2, 0.25) is 0 Å². The van der Waals surface area contributed by atoms with E-state index in [-0.39, 0.29) is 5.41 Å². The molecule has 0 aliphatic carbocycles. The highest BCUT2D eigenvalue weighted by molar-refractivity contribution is 5.19. The third-order valence-corrected chi connectivity index (χ3v) is 3.48. The highest BCUT2D eigenvalue weighted by Gasteiger charge is 2.19. The van der Waals surface area contributed by atoms with Gasteiger partial charge in [0.2, 0.25) is 0 Å². The molecule has 0 saturated carbocycles. The summed E-state index contributed by atoms with van der Waals surface area (Å²) in [5.74, 6) is 0. The fraction of sp³-hybridized carbons (Fsp3) is 0.706. The van der Waals surface area contributed by atoms with Crippen molar-refractivity contribution in [1.82, 2.24) is 9.88 Å². The summed E-state index contributed by atoms with van der Waals surface area (Å²) in [6.07, 6.45) is 2.02. The van der Waals surface area contributed by atoms with Crippen LogP contribution in [-0.2, 0) is 16.7 Å². The van der Waals surface area contributed by atoms with Crippen LogP contribution in [-0.4, -0.2) is 35.7 Å². The van der Waals surface area contributed by atoms with E-state index >= 15 is 0 Å². The molecule has 0 unspecified atom stereocenters. The van der Waals surface area contributed by atoms with Crippen LogP contribution in [0, 0.1) is 0 Å². The lowest BCUT2D eigenvalue weighted by atomic mass is 9.91. The number of rotatable bonds is 2. The maximum Gasteiger partial charge on any atom is 0.0619 e. The summed E-state index contributed by atoms with van der Waals surface area (Å²) in [4.78, 5) is 7.04. The van der Waals surface area contributed by atoms with Gasteiger partial charge in [-0.25, -0.2) is 0 Å². The van der Waals surface area contributed by atoms with Gasteiger partial charge in [-0.1, -0.05) is 40.7 Å². The SMILES string of the molecule is CC.C[C@H]1COCCN1Cc1ccc(C(C)(C)C)nc1. The van der Waals surface area contributed by atoms with Gasteiger partial charge in [-0.15, -0.1) is 0 Å². The summed E-state index contributed by atoms with van der Waals surface area (Å²) in [6.45, 7) is 16.5. The lowest BCUT2D eigenvalue weighted by molar-refractivity contribution is -0.00441. The maximum atomic E-state index is 5.46. The predicted octanol–water partition coefficient (Wildman–Crippen LogP) is 3.63. The van der Waals surface area contributed by atoms with Crippen LogP contribution in [0.15, 0.2) is 18.3 Å². The van der Waals surface area contributed by atoms with Gasteiger partial charge in [0, 0.05) is 36.4 Å². The predicted molar refractivity (Wildman–Crippen MR) is 85.0 cm³/mol. The minimum Gasteiger partial charge on any atom is -0.379 e. The topological polar surface area (TPSA) is 25.4 Å².